The van der Waals surface area contributed by atoms with E-state index in [1.807, 2.05) is 36.4 Å². The lowest BCUT2D eigenvalue weighted by atomic mass is 10.1. The van der Waals surface area contributed by atoms with E-state index in [0.717, 1.165) is 5.56 Å². The number of carbonyl (C=O) groups is 1. The molecule has 23 heavy (non-hydrogen) atoms. The van der Waals surface area contributed by atoms with Crippen LogP contribution in [0.5, 0.6) is 0 Å². The highest BCUT2D eigenvalue weighted by molar-refractivity contribution is 5.92. The molecule has 0 saturated heterocycles. The fourth-order valence-electron chi connectivity index (χ4n) is 2.27. The SMILES string of the molecule is N#Cc1ccccc1-c1ccc(C(=O)NCc2ccccc2)o1. The van der Waals surface area contributed by atoms with E-state index in [-0.39, 0.29) is 11.7 Å². The Bertz CT molecular complexity index is 860. The van der Waals surface area contributed by atoms with Gasteiger partial charge in [0.05, 0.1) is 11.6 Å². The molecule has 4 nitrogen and oxygen atoms in total. The molecule has 1 amide bonds. The van der Waals surface area contributed by atoms with Gasteiger partial charge in [-0.05, 0) is 29.8 Å². The number of hydrogen-bond donors (Lipinski definition) is 1. The minimum absolute atomic E-state index is 0.226. The Kier molecular flexibility index (Phi) is 4.21. The van der Waals surface area contributed by atoms with Crippen LogP contribution < -0.4 is 5.32 Å². The van der Waals surface area contributed by atoms with Crippen molar-refractivity contribution in [1.29, 1.82) is 5.26 Å². The minimum atomic E-state index is -0.283. The van der Waals surface area contributed by atoms with Gasteiger partial charge in [0, 0.05) is 12.1 Å². The van der Waals surface area contributed by atoms with Gasteiger partial charge in [-0.1, -0.05) is 42.5 Å². The first-order valence-corrected chi connectivity index (χ1v) is 7.19. The molecule has 0 unspecified atom stereocenters. The van der Waals surface area contributed by atoms with E-state index in [4.69, 9.17) is 9.68 Å². The molecule has 1 heterocycles. The molecule has 3 rings (SSSR count). The summed E-state index contributed by atoms with van der Waals surface area (Å²) in [4.78, 5) is 12.1. The number of nitriles is 1. The van der Waals surface area contributed by atoms with Gasteiger partial charge in [-0.15, -0.1) is 0 Å². The van der Waals surface area contributed by atoms with Crippen molar-refractivity contribution in [2.45, 2.75) is 6.54 Å². The van der Waals surface area contributed by atoms with Crippen molar-refractivity contribution in [3.63, 3.8) is 0 Å². The Labute approximate surface area is 134 Å². The quantitative estimate of drug-likeness (QED) is 0.798. The van der Waals surface area contributed by atoms with E-state index in [1.54, 1.807) is 30.3 Å². The lowest BCUT2D eigenvalue weighted by Crippen LogP contribution is -2.22. The summed E-state index contributed by atoms with van der Waals surface area (Å²) in [6.07, 6.45) is 0. The lowest BCUT2D eigenvalue weighted by molar-refractivity contribution is 0.0924. The van der Waals surface area contributed by atoms with Crippen LogP contribution in [0.1, 0.15) is 21.7 Å². The number of amides is 1. The summed E-state index contributed by atoms with van der Waals surface area (Å²) in [6.45, 7) is 0.435. The van der Waals surface area contributed by atoms with Crippen molar-refractivity contribution in [3.05, 3.63) is 83.6 Å². The molecule has 1 aromatic heterocycles. The first-order chi connectivity index (χ1) is 11.3. The zero-order valence-corrected chi connectivity index (χ0v) is 12.3. The van der Waals surface area contributed by atoms with Gasteiger partial charge in [0.1, 0.15) is 5.76 Å². The molecule has 0 aliphatic rings. The van der Waals surface area contributed by atoms with E-state index in [9.17, 15) is 4.79 Å². The third-order valence-corrected chi connectivity index (χ3v) is 3.44. The van der Waals surface area contributed by atoms with Crippen LogP contribution in [0, 0.1) is 11.3 Å². The first-order valence-electron chi connectivity index (χ1n) is 7.19. The Morgan fingerprint density at radius 2 is 1.74 bits per heavy atom. The van der Waals surface area contributed by atoms with Gasteiger partial charge in [0.15, 0.2) is 5.76 Å². The van der Waals surface area contributed by atoms with Gasteiger partial charge in [-0.3, -0.25) is 4.79 Å². The smallest absolute Gasteiger partial charge is 0.287 e. The van der Waals surface area contributed by atoms with E-state index in [0.29, 0.717) is 23.4 Å². The molecule has 0 aliphatic heterocycles. The maximum absolute atomic E-state index is 12.1. The van der Waals surface area contributed by atoms with Crippen molar-refractivity contribution < 1.29 is 9.21 Å². The van der Waals surface area contributed by atoms with Crippen LogP contribution in [0.25, 0.3) is 11.3 Å². The normalized spacial score (nSPS) is 10.0. The van der Waals surface area contributed by atoms with Crippen molar-refractivity contribution in [3.8, 4) is 17.4 Å². The molecule has 0 saturated carbocycles. The van der Waals surface area contributed by atoms with Gasteiger partial charge >= 0.3 is 0 Å². The number of nitrogens with zero attached hydrogens (tertiary/aromatic N) is 1. The second-order valence-corrected chi connectivity index (χ2v) is 4.99. The zero-order valence-electron chi connectivity index (χ0n) is 12.3. The van der Waals surface area contributed by atoms with Crippen LogP contribution in [0.15, 0.2) is 71.1 Å². The molecule has 0 radical (unpaired) electrons. The van der Waals surface area contributed by atoms with Gasteiger partial charge in [0.2, 0.25) is 0 Å². The number of furan rings is 1. The molecular formula is C19H14N2O2. The van der Waals surface area contributed by atoms with E-state index >= 15 is 0 Å². The number of rotatable bonds is 4. The lowest BCUT2D eigenvalue weighted by Gasteiger charge is -2.03. The van der Waals surface area contributed by atoms with Crippen LogP contribution >= 0.6 is 0 Å². The highest BCUT2D eigenvalue weighted by Crippen LogP contribution is 2.25. The Morgan fingerprint density at radius 3 is 2.52 bits per heavy atom. The summed E-state index contributed by atoms with van der Waals surface area (Å²) in [7, 11) is 0. The second kappa shape index (κ2) is 6.63. The van der Waals surface area contributed by atoms with Crippen molar-refractivity contribution in [2.75, 3.05) is 0 Å². The van der Waals surface area contributed by atoms with E-state index in [2.05, 4.69) is 11.4 Å². The molecule has 1 N–H and O–H groups in total. The van der Waals surface area contributed by atoms with Crippen molar-refractivity contribution >= 4 is 5.91 Å². The van der Waals surface area contributed by atoms with Crippen LogP contribution in [0.2, 0.25) is 0 Å². The first kappa shape index (κ1) is 14.6. The maximum Gasteiger partial charge on any atom is 0.287 e. The standard InChI is InChI=1S/C19H14N2O2/c20-12-15-8-4-5-9-16(15)17-10-11-18(23-17)19(22)21-13-14-6-2-1-3-7-14/h1-11H,13H2,(H,21,22). The summed E-state index contributed by atoms with van der Waals surface area (Å²) in [5, 5.41) is 11.9. The number of benzene rings is 2. The third kappa shape index (κ3) is 3.30. The molecule has 4 heteroatoms. The fraction of sp³-hybridized carbons (Fsp3) is 0.0526. The van der Waals surface area contributed by atoms with Crippen molar-refractivity contribution in [1.82, 2.24) is 5.32 Å². The second-order valence-electron chi connectivity index (χ2n) is 4.99. The van der Waals surface area contributed by atoms with Crippen LogP contribution in [0.4, 0.5) is 0 Å². The minimum Gasteiger partial charge on any atom is -0.451 e. The molecule has 0 spiro atoms. The Morgan fingerprint density at radius 1 is 1.00 bits per heavy atom. The summed E-state index contributed by atoms with van der Waals surface area (Å²) < 4.78 is 5.60. The zero-order chi connectivity index (χ0) is 16.1. The predicted molar refractivity (Wildman–Crippen MR) is 86.5 cm³/mol. The largest absolute Gasteiger partial charge is 0.451 e. The van der Waals surface area contributed by atoms with Crippen LogP contribution in [0.3, 0.4) is 0 Å². The van der Waals surface area contributed by atoms with Gasteiger partial charge in [-0.25, -0.2) is 0 Å². The molecule has 0 aliphatic carbocycles. The maximum atomic E-state index is 12.1. The number of carbonyl (C=O) groups excluding carboxylic acids is 1. The highest BCUT2D eigenvalue weighted by Gasteiger charge is 2.13. The van der Waals surface area contributed by atoms with Crippen LogP contribution in [-0.4, -0.2) is 5.91 Å². The predicted octanol–water partition coefficient (Wildman–Crippen LogP) is 3.75. The van der Waals surface area contributed by atoms with Gasteiger partial charge < -0.3 is 9.73 Å². The Hall–Kier alpha value is -3.32. The van der Waals surface area contributed by atoms with Gasteiger partial charge in [0.25, 0.3) is 5.91 Å². The highest BCUT2D eigenvalue weighted by atomic mass is 16.3. The molecule has 3 aromatic rings. The van der Waals surface area contributed by atoms with Crippen LogP contribution in [-0.2, 0) is 6.54 Å². The van der Waals surface area contributed by atoms with Gasteiger partial charge in [-0.2, -0.15) is 5.26 Å². The average molecular weight is 302 g/mol. The fourth-order valence-corrected chi connectivity index (χ4v) is 2.27. The van der Waals surface area contributed by atoms with E-state index < -0.39 is 0 Å². The monoisotopic (exact) mass is 302 g/mol. The topological polar surface area (TPSA) is 66.0 Å². The molecule has 2 aromatic carbocycles. The molecule has 0 fully saturated rings. The van der Waals surface area contributed by atoms with E-state index in [1.165, 1.54) is 0 Å². The molecule has 112 valence electrons. The summed E-state index contributed by atoms with van der Waals surface area (Å²) >= 11 is 0. The molecule has 0 atom stereocenters. The number of nitrogens with one attached hydrogen (secondary N) is 1. The van der Waals surface area contributed by atoms with Crippen molar-refractivity contribution in [2.24, 2.45) is 0 Å². The molecule has 0 bridgehead atoms. The number of hydrogen-bond acceptors (Lipinski definition) is 3. The molecular weight excluding hydrogens is 288 g/mol. The Balaban J connectivity index is 1.74. The average Bonchev–Trinajstić information content (AvgIpc) is 3.10. The third-order valence-electron chi connectivity index (χ3n) is 3.44. The summed E-state index contributed by atoms with van der Waals surface area (Å²) in [6, 6.07) is 22.2. The summed E-state index contributed by atoms with van der Waals surface area (Å²) in [5.41, 5.74) is 2.21. The summed E-state index contributed by atoms with van der Waals surface area (Å²) in [5.74, 6) is 0.449.